The lowest BCUT2D eigenvalue weighted by atomic mass is 10.1. The summed E-state index contributed by atoms with van der Waals surface area (Å²) in [6, 6.07) is 6.16. The number of aromatic nitrogens is 3. The number of carbonyl (C=O) groups excluding carboxylic acids is 1. The SMILES string of the molecule is COc1cccc2cc(C(=O)NCCn3nc(C(F)(F)F)n(C)c3=O)c(=O)oc12. The van der Waals surface area contributed by atoms with Gasteiger partial charge in [0, 0.05) is 19.0 Å². The molecular weight excluding hydrogens is 397 g/mol. The van der Waals surface area contributed by atoms with Crippen molar-refractivity contribution in [2.45, 2.75) is 12.7 Å². The highest BCUT2D eigenvalue weighted by atomic mass is 19.4. The molecule has 0 spiro atoms. The van der Waals surface area contributed by atoms with Crippen molar-refractivity contribution in [3.8, 4) is 5.75 Å². The molecule has 12 heteroatoms. The lowest BCUT2D eigenvalue weighted by Gasteiger charge is -2.07. The first kappa shape index (κ1) is 20.2. The monoisotopic (exact) mass is 412 g/mol. The molecule has 0 radical (unpaired) electrons. The zero-order chi connectivity index (χ0) is 21.3. The number of hydrogen-bond donors (Lipinski definition) is 1. The van der Waals surface area contributed by atoms with Crippen LogP contribution in [0, 0.1) is 0 Å². The molecular formula is C17H15F3N4O5. The highest BCUT2D eigenvalue weighted by Crippen LogP contribution is 2.26. The Hall–Kier alpha value is -3.57. The van der Waals surface area contributed by atoms with Crippen molar-refractivity contribution in [2.24, 2.45) is 7.05 Å². The normalized spacial score (nSPS) is 11.6. The van der Waals surface area contributed by atoms with Crippen LogP contribution in [0.25, 0.3) is 11.0 Å². The van der Waals surface area contributed by atoms with Gasteiger partial charge in [-0.3, -0.25) is 9.36 Å². The number of para-hydroxylation sites is 1. The first-order valence-electron chi connectivity index (χ1n) is 8.23. The highest BCUT2D eigenvalue weighted by molar-refractivity contribution is 5.97. The first-order valence-corrected chi connectivity index (χ1v) is 8.23. The number of fused-ring (bicyclic) bond motifs is 1. The Bertz CT molecular complexity index is 1190. The van der Waals surface area contributed by atoms with Crippen molar-refractivity contribution in [3.63, 3.8) is 0 Å². The average molecular weight is 412 g/mol. The largest absolute Gasteiger partial charge is 0.493 e. The molecule has 0 bridgehead atoms. The summed E-state index contributed by atoms with van der Waals surface area (Å²) in [4.78, 5) is 36.2. The molecule has 2 aromatic heterocycles. The van der Waals surface area contributed by atoms with Gasteiger partial charge in [-0.2, -0.15) is 13.2 Å². The van der Waals surface area contributed by atoms with Crippen molar-refractivity contribution in [1.29, 1.82) is 0 Å². The maximum Gasteiger partial charge on any atom is 0.451 e. The number of amides is 1. The Morgan fingerprint density at radius 3 is 2.66 bits per heavy atom. The highest BCUT2D eigenvalue weighted by Gasteiger charge is 2.37. The predicted octanol–water partition coefficient (Wildman–Crippen LogP) is 1.15. The van der Waals surface area contributed by atoms with Crippen LogP contribution in [-0.4, -0.2) is 33.9 Å². The number of halogens is 3. The molecule has 0 unspecified atom stereocenters. The van der Waals surface area contributed by atoms with E-state index in [-0.39, 0.29) is 24.2 Å². The average Bonchev–Trinajstić information content (AvgIpc) is 2.95. The number of hydrogen-bond acceptors (Lipinski definition) is 6. The molecule has 1 amide bonds. The summed E-state index contributed by atoms with van der Waals surface area (Å²) in [6.45, 7) is -0.552. The van der Waals surface area contributed by atoms with Crippen LogP contribution >= 0.6 is 0 Å². The van der Waals surface area contributed by atoms with Crippen LogP contribution in [0.15, 0.2) is 38.3 Å². The maximum absolute atomic E-state index is 12.8. The molecule has 1 N–H and O–H groups in total. The minimum atomic E-state index is -4.78. The Morgan fingerprint density at radius 2 is 2.03 bits per heavy atom. The van der Waals surface area contributed by atoms with Gasteiger partial charge in [0.05, 0.1) is 13.7 Å². The minimum Gasteiger partial charge on any atom is -0.493 e. The second-order valence-corrected chi connectivity index (χ2v) is 5.97. The van der Waals surface area contributed by atoms with Gasteiger partial charge in [0.15, 0.2) is 11.3 Å². The van der Waals surface area contributed by atoms with Gasteiger partial charge in [0.2, 0.25) is 5.82 Å². The summed E-state index contributed by atoms with van der Waals surface area (Å²) in [6.07, 6.45) is -4.78. The molecule has 29 heavy (non-hydrogen) atoms. The van der Waals surface area contributed by atoms with E-state index in [1.807, 2.05) is 0 Å². The van der Waals surface area contributed by atoms with Gasteiger partial charge >= 0.3 is 17.5 Å². The topological polar surface area (TPSA) is 108 Å². The zero-order valence-electron chi connectivity index (χ0n) is 15.2. The van der Waals surface area contributed by atoms with E-state index >= 15 is 0 Å². The van der Waals surface area contributed by atoms with Crippen LogP contribution in [0.4, 0.5) is 13.2 Å². The van der Waals surface area contributed by atoms with E-state index in [0.29, 0.717) is 20.4 Å². The van der Waals surface area contributed by atoms with Gasteiger partial charge in [-0.15, -0.1) is 5.10 Å². The number of rotatable bonds is 5. The zero-order valence-corrected chi connectivity index (χ0v) is 15.2. The van der Waals surface area contributed by atoms with Gasteiger partial charge in [0.1, 0.15) is 5.56 Å². The van der Waals surface area contributed by atoms with E-state index in [2.05, 4.69) is 10.4 Å². The fraction of sp³-hybridized carbons (Fsp3) is 0.294. The summed E-state index contributed by atoms with van der Waals surface area (Å²) < 4.78 is 49.5. The molecule has 0 aliphatic carbocycles. The van der Waals surface area contributed by atoms with E-state index in [4.69, 9.17) is 9.15 Å². The first-order chi connectivity index (χ1) is 13.6. The summed E-state index contributed by atoms with van der Waals surface area (Å²) >= 11 is 0. The van der Waals surface area contributed by atoms with Crippen LogP contribution in [0.3, 0.4) is 0 Å². The third-order valence-corrected chi connectivity index (χ3v) is 4.09. The van der Waals surface area contributed by atoms with E-state index in [9.17, 15) is 27.6 Å². The van der Waals surface area contributed by atoms with Crippen molar-refractivity contribution >= 4 is 16.9 Å². The molecule has 154 valence electrons. The summed E-state index contributed by atoms with van der Waals surface area (Å²) in [5, 5.41) is 6.03. The van der Waals surface area contributed by atoms with E-state index in [0.717, 1.165) is 7.05 Å². The van der Waals surface area contributed by atoms with E-state index in [1.54, 1.807) is 18.2 Å². The van der Waals surface area contributed by atoms with Gasteiger partial charge in [-0.05, 0) is 12.1 Å². The fourth-order valence-corrected chi connectivity index (χ4v) is 2.69. The standard InChI is InChI=1S/C17H15F3N4O5/c1-23-15(17(18,19)20)22-24(16(23)27)7-6-21-13(25)10-8-9-4-3-5-11(28-2)12(9)29-14(10)26/h3-5,8H,6-7H2,1-2H3,(H,21,25). The van der Waals surface area contributed by atoms with Crippen LogP contribution in [0.2, 0.25) is 0 Å². The Balaban J connectivity index is 1.76. The molecule has 1 aromatic carbocycles. The molecule has 9 nitrogen and oxygen atoms in total. The quantitative estimate of drug-likeness (QED) is 0.630. The molecule has 0 atom stereocenters. The number of alkyl halides is 3. The molecule has 0 aliphatic heterocycles. The molecule has 0 aliphatic rings. The second-order valence-electron chi connectivity index (χ2n) is 5.97. The number of carbonyl (C=O) groups is 1. The Kier molecular flexibility index (Phi) is 5.18. The predicted molar refractivity (Wildman–Crippen MR) is 93.8 cm³/mol. The minimum absolute atomic E-state index is 0.177. The fourth-order valence-electron chi connectivity index (χ4n) is 2.69. The second kappa shape index (κ2) is 7.45. The number of benzene rings is 1. The van der Waals surface area contributed by atoms with Crippen LogP contribution in [0.5, 0.6) is 5.75 Å². The van der Waals surface area contributed by atoms with Gasteiger partial charge in [-0.1, -0.05) is 12.1 Å². The summed E-state index contributed by atoms with van der Waals surface area (Å²) in [5.41, 5.74) is -2.01. The Morgan fingerprint density at radius 1 is 1.31 bits per heavy atom. The van der Waals surface area contributed by atoms with Crippen molar-refractivity contribution in [2.75, 3.05) is 13.7 Å². The van der Waals surface area contributed by atoms with Crippen molar-refractivity contribution < 1.29 is 27.1 Å². The van der Waals surface area contributed by atoms with E-state index < -0.39 is 29.2 Å². The molecule has 0 saturated heterocycles. The number of methoxy groups -OCH3 is 1. The van der Waals surface area contributed by atoms with Crippen LogP contribution in [-0.2, 0) is 19.8 Å². The lowest BCUT2D eigenvalue weighted by Crippen LogP contribution is -2.33. The lowest BCUT2D eigenvalue weighted by molar-refractivity contribution is -0.147. The Labute approximate surface area is 160 Å². The van der Waals surface area contributed by atoms with Crippen molar-refractivity contribution in [3.05, 3.63) is 56.6 Å². The van der Waals surface area contributed by atoms with Crippen LogP contribution in [0.1, 0.15) is 16.2 Å². The van der Waals surface area contributed by atoms with E-state index in [1.165, 1.54) is 13.2 Å². The number of nitrogens with one attached hydrogen (secondary N) is 1. The maximum atomic E-state index is 12.8. The molecule has 2 heterocycles. The van der Waals surface area contributed by atoms with Crippen molar-refractivity contribution in [1.82, 2.24) is 19.7 Å². The molecule has 3 aromatic rings. The van der Waals surface area contributed by atoms with Crippen LogP contribution < -0.4 is 21.4 Å². The molecule has 0 fully saturated rings. The summed E-state index contributed by atoms with van der Waals surface area (Å²) in [7, 11) is 2.35. The summed E-state index contributed by atoms with van der Waals surface area (Å²) in [5.74, 6) is -1.83. The third-order valence-electron chi connectivity index (χ3n) is 4.09. The third kappa shape index (κ3) is 3.86. The smallest absolute Gasteiger partial charge is 0.451 e. The van der Waals surface area contributed by atoms with Gasteiger partial charge in [0.25, 0.3) is 5.91 Å². The molecule has 3 rings (SSSR count). The molecule has 0 saturated carbocycles. The number of ether oxygens (including phenoxy) is 1. The number of nitrogens with zero attached hydrogens (tertiary/aromatic N) is 3. The van der Waals surface area contributed by atoms with Gasteiger partial charge < -0.3 is 14.5 Å². The van der Waals surface area contributed by atoms with Gasteiger partial charge in [-0.25, -0.2) is 14.3 Å².